The highest BCUT2D eigenvalue weighted by atomic mass is 35.5. The summed E-state index contributed by atoms with van der Waals surface area (Å²) in [6.45, 7) is 7.84. The fourth-order valence-electron chi connectivity index (χ4n) is 4.73. The van der Waals surface area contributed by atoms with E-state index in [9.17, 15) is 4.21 Å². The Morgan fingerprint density at radius 2 is 1.97 bits per heavy atom. The number of piperidine rings is 1. The summed E-state index contributed by atoms with van der Waals surface area (Å²) in [5.74, 6) is 1.18. The molecule has 1 unspecified atom stereocenters. The highest BCUT2D eigenvalue weighted by Crippen LogP contribution is 2.47. The molecule has 1 spiro atoms. The van der Waals surface area contributed by atoms with Crippen LogP contribution in [0.15, 0.2) is 34.3 Å². The van der Waals surface area contributed by atoms with Gasteiger partial charge in [-0.15, -0.1) is 0 Å². The van der Waals surface area contributed by atoms with Gasteiger partial charge in [-0.25, -0.2) is 18.9 Å². The third-order valence-corrected chi connectivity index (χ3v) is 9.96. The van der Waals surface area contributed by atoms with Crippen LogP contribution in [-0.4, -0.2) is 38.1 Å². The predicted molar refractivity (Wildman–Crippen MR) is 139 cm³/mol. The number of aromatic nitrogens is 2. The lowest BCUT2D eigenvalue weighted by molar-refractivity contribution is 0.188. The lowest BCUT2D eigenvalue weighted by atomic mass is 9.74. The van der Waals surface area contributed by atoms with Crippen LogP contribution in [0.5, 0.6) is 0 Å². The van der Waals surface area contributed by atoms with Crippen LogP contribution in [0.1, 0.15) is 52.9 Å². The van der Waals surface area contributed by atoms with E-state index in [-0.39, 0.29) is 10.2 Å². The van der Waals surface area contributed by atoms with E-state index < -0.39 is 11.0 Å². The van der Waals surface area contributed by atoms with Gasteiger partial charge in [-0.1, -0.05) is 35.9 Å². The van der Waals surface area contributed by atoms with Crippen LogP contribution in [0, 0.1) is 5.41 Å². The maximum atomic E-state index is 12.7. The molecule has 2 aliphatic rings. The van der Waals surface area contributed by atoms with Gasteiger partial charge in [0.05, 0.1) is 32.6 Å². The molecule has 1 saturated carbocycles. The third kappa shape index (κ3) is 5.26. The summed E-state index contributed by atoms with van der Waals surface area (Å²) in [5, 5.41) is 1.12. The summed E-state index contributed by atoms with van der Waals surface area (Å²) < 4.78 is 15.9. The molecule has 33 heavy (non-hydrogen) atoms. The number of hydrogen-bond acceptors (Lipinski definition) is 7. The quantitative estimate of drug-likeness (QED) is 0.504. The van der Waals surface area contributed by atoms with E-state index in [2.05, 4.69) is 19.6 Å². The molecule has 0 radical (unpaired) electrons. The largest absolute Gasteiger partial charge is 0.397 e. The normalized spacial score (nSPS) is 21.5. The minimum atomic E-state index is -1.05. The number of hydrogen-bond donors (Lipinski definition) is 3. The van der Waals surface area contributed by atoms with E-state index in [0.717, 1.165) is 43.1 Å². The molecule has 1 aromatic carbocycles. The second-order valence-corrected chi connectivity index (χ2v) is 13.4. The van der Waals surface area contributed by atoms with Gasteiger partial charge in [0.15, 0.2) is 5.82 Å². The predicted octanol–water partition coefficient (Wildman–Crippen LogP) is 4.64. The van der Waals surface area contributed by atoms with Crippen LogP contribution in [0.25, 0.3) is 0 Å². The summed E-state index contributed by atoms with van der Waals surface area (Å²) in [4.78, 5) is 12.3. The van der Waals surface area contributed by atoms with Crippen LogP contribution in [0.4, 0.5) is 17.3 Å². The van der Waals surface area contributed by atoms with Gasteiger partial charge < -0.3 is 16.4 Å². The Hall–Kier alpha value is -1.55. The van der Waals surface area contributed by atoms with Crippen LogP contribution in [-0.2, 0) is 11.0 Å². The molecule has 1 saturated heterocycles. The molecule has 1 aliphatic carbocycles. The van der Waals surface area contributed by atoms with E-state index >= 15 is 0 Å². The molecule has 1 aliphatic heterocycles. The third-order valence-electron chi connectivity index (χ3n) is 6.75. The van der Waals surface area contributed by atoms with Gasteiger partial charge in [0.2, 0.25) is 0 Å². The van der Waals surface area contributed by atoms with Gasteiger partial charge in [-0.05, 0) is 64.0 Å². The Bertz CT molecular complexity index is 1040. The standard InChI is InChI=1S/C23H33ClN6OS2/c1-22(2,3)33(31)29-17-8-5-9-23(17)10-12-30(13-11-23)18-14-27-21(20(26)28-18)32-16-7-4-6-15(25)19(16)24/h4,6-7,14,17,29H,5,8-13,25H2,1-3H3,(H2,26,28)/t17-,33?/m1/s1. The second kappa shape index (κ2) is 9.60. The SMILES string of the molecule is CC(C)(C)S(=O)N[C@@H]1CCCC12CCN(c1cnc(Sc3cccc(N)c3Cl)c(N)n1)CC2. The Kier molecular flexibility index (Phi) is 7.15. The topological polar surface area (TPSA) is 110 Å². The molecule has 5 N–H and O–H groups in total. The summed E-state index contributed by atoms with van der Waals surface area (Å²) in [7, 11) is -1.05. The van der Waals surface area contributed by atoms with Crippen molar-refractivity contribution >= 4 is 51.7 Å². The smallest absolute Gasteiger partial charge is 0.158 e. The molecule has 180 valence electrons. The van der Waals surface area contributed by atoms with E-state index in [1.54, 1.807) is 12.3 Å². The average molecular weight is 509 g/mol. The van der Waals surface area contributed by atoms with Crippen molar-refractivity contribution in [3.05, 3.63) is 29.4 Å². The van der Waals surface area contributed by atoms with Crippen molar-refractivity contribution in [3.8, 4) is 0 Å². The Morgan fingerprint density at radius 1 is 1.24 bits per heavy atom. The van der Waals surface area contributed by atoms with E-state index in [1.165, 1.54) is 24.6 Å². The first-order valence-corrected chi connectivity index (χ1v) is 13.7. The molecule has 0 bridgehead atoms. The van der Waals surface area contributed by atoms with Crippen LogP contribution in [0.3, 0.4) is 0 Å². The molecule has 4 rings (SSSR count). The molecule has 2 aromatic rings. The fraction of sp³-hybridized carbons (Fsp3) is 0.565. The van der Waals surface area contributed by atoms with Gasteiger partial charge in [-0.3, -0.25) is 0 Å². The number of benzene rings is 1. The zero-order valence-electron chi connectivity index (χ0n) is 19.4. The number of halogens is 1. The highest BCUT2D eigenvalue weighted by Gasteiger charge is 2.46. The van der Waals surface area contributed by atoms with Crippen LogP contribution in [0.2, 0.25) is 5.02 Å². The van der Waals surface area contributed by atoms with E-state index in [4.69, 9.17) is 23.1 Å². The highest BCUT2D eigenvalue weighted by molar-refractivity contribution is 7.99. The van der Waals surface area contributed by atoms with E-state index in [0.29, 0.717) is 27.6 Å². The Labute approximate surface area is 208 Å². The average Bonchev–Trinajstić information content (AvgIpc) is 3.14. The first-order valence-electron chi connectivity index (χ1n) is 11.4. The fourth-order valence-corrected chi connectivity index (χ4v) is 6.77. The molecule has 2 fully saturated rings. The van der Waals surface area contributed by atoms with Crippen molar-refractivity contribution in [2.45, 2.75) is 73.6 Å². The molecular formula is C23H33ClN6OS2. The first-order chi connectivity index (χ1) is 15.6. The maximum Gasteiger partial charge on any atom is 0.158 e. The molecule has 7 nitrogen and oxygen atoms in total. The molecular weight excluding hydrogens is 476 g/mol. The molecule has 0 amide bonds. The minimum Gasteiger partial charge on any atom is -0.397 e. The van der Waals surface area contributed by atoms with Crippen molar-refractivity contribution < 1.29 is 4.21 Å². The van der Waals surface area contributed by atoms with Gasteiger partial charge in [0.1, 0.15) is 10.8 Å². The molecule has 10 heteroatoms. The number of nitrogens with zero attached hydrogens (tertiary/aromatic N) is 3. The summed E-state index contributed by atoms with van der Waals surface area (Å²) in [5.41, 5.74) is 12.9. The van der Waals surface area contributed by atoms with Crippen molar-refractivity contribution in [2.24, 2.45) is 5.41 Å². The number of anilines is 3. The summed E-state index contributed by atoms with van der Waals surface area (Å²) in [6, 6.07) is 5.81. The molecule has 2 heterocycles. The molecule has 1 aromatic heterocycles. The van der Waals surface area contributed by atoms with Gasteiger partial charge in [-0.2, -0.15) is 0 Å². The number of nitrogen functional groups attached to an aromatic ring is 2. The van der Waals surface area contributed by atoms with Gasteiger partial charge in [0.25, 0.3) is 0 Å². The summed E-state index contributed by atoms with van der Waals surface area (Å²) >= 11 is 7.68. The van der Waals surface area contributed by atoms with Crippen LogP contribution >= 0.6 is 23.4 Å². The Morgan fingerprint density at radius 3 is 2.64 bits per heavy atom. The monoisotopic (exact) mass is 508 g/mol. The maximum absolute atomic E-state index is 12.7. The number of nitrogens with one attached hydrogen (secondary N) is 1. The van der Waals surface area contributed by atoms with Gasteiger partial charge >= 0.3 is 0 Å². The van der Waals surface area contributed by atoms with Crippen molar-refractivity contribution in [1.82, 2.24) is 14.7 Å². The Balaban J connectivity index is 1.42. The van der Waals surface area contributed by atoms with E-state index in [1.807, 2.05) is 32.9 Å². The molecule has 2 atom stereocenters. The van der Waals surface area contributed by atoms with Gasteiger partial charge in [0, 0.05) is 24.0 Å². The number of nitrogens with two attached hydrogens (primary N) is 2. The first kappa shape index (κ1) is 24.6. The lowest BCUT2D eigenvalue weighted by Gasteiger charge is -2.44. The van der Waals surface area contributed by atoms with Crippen LogP contribution < -0.4 is 21.1 Å². The second-order valence-electron chi connectivity index (χ2n) is 9.97. The minimum absolute atomic E-state index is 0.205. The zero-order valence-corrected chi connectivity index (χ0v) is 21.8. The summed E-state index contributed by atoms with van der Waals surface area (Å²) in [6.07, 6.45) is 7.34. The van der Waals surface area contributed by atoms with Crippen molar-refractivity contribution in [2.75, 3.05) is 29.5 Å². The van der Waals surface area contributed by atoms with Crippen molar-refractivity contribution in [3.63, 3.8) is 0 Å². The lowest BCUT2D eigenvalue weighted by Crippen LogP contribution is -2.51. The zero-order chi connectivity index (χ0) is 23.8. The number of rotatable bonds is 5. The van der Waals surface area contributed by atoms with Crippen molar-refractivity contribution in [1.29, 1.82) is 0 Å².